The Balaban J connectivity index is 2.48. The third-order valence-electron chi connectivity index (χ3n) is 4.60. The molecule has 0 aliphatic heterocycles. The molecule has 2 nitrogen and oxygen atoms in total. The highest BCUT2D eigenvalue weighted by molar-refractivity contribution is 9.10. The number of benzene rings is 1. The van der Waals surface area contributed by atoms with E-state index in [-0.39, 0.29) is 5.78 Å². The van der Waals surface area contributed by atoms with Crippen molar-refractivity contribution in [3.05, 3.63) is 58.6 Å². The van der Waals surface area contributed by atoms with Crippen molar-refractivity contribution >= 4 is 30.0 Å². The Kier molecular flexibility index (Phi) is 5.58. The zero-order valence-electron chi connectivity index (χ0n) is 13.4. The standard InChI is InChI=1S/C18H23BrO2Si/c1-4-22(5-2,6-3)21-18(13-11-17(20)12-14-18)15-7-9-16(19)10-8-15/h7-14H,4-6H2,1-3H3. The van der Waals surface area contributed by atoms with Crippen molar-refractivity contribution in [2.45, 2.75) is 44.5 Å². The van der Waals surface area contributed by atoms with Gasteiger partial charge in [-0.05, 0) is 60.1 Å². The van der Waals surface area contributed by atoms with Crippen LogP contribution in [0.1, 0.15) is 26.3 Å². The largest absolute Gasteiger partial charge is 0.400 e. The molecule has 0 aromatic heterocycles. The molecule has 118 valence electrons. The van der Waals surface area contributed by atoms with E-state index in [4.69, 9.17) is 4.43 Å². The molecule has 0 N–H and O–H groups in total. The summed E-state index contributed by atoms with van der Waals surface area (Å²) >= 11 is 3.48. The number of allylic oxidation sites excluding steroid dienone is 2. The molecule has 0 unspecified atom stereocenters. The van der Waals surface area contributed by atoms with E-state index in [9.17, 15) is 4.79 Å². The van der Waals surface area contributed by atoms with Gasteiger partial charge in [-0.15, -0.1) is 0 Å². The Morgan fingerprint density at radius 3 is 1.95 bits per heavy atom. The van der Waals surface area contributed by atoms with E-state index in [2.05, 4.69) is 48.8 Å². The fourth-order valence-corrected chi connectivity index (χ4v) is 6.05. The summed E-state index contributed by atoms with van der Waals surface area (Å²) in [6.45, 7) is 6.65. The van der Waals surface area contributed by atoms with Gasteiger partial charge in [-0.1, -0.05) is 48.8 Å². The SMILES string of the molecule is CC[Si](CC)(CC)OC1(c2ccc(Br)cc2)C=CC(=O)C=C1. The van der Waals surface area contributed by atoms with E-state index in [1.165, 1.54) is 0 Å². The number of hydrogen-bond acceptors (Lipinski definition) is 2. The maximum atomic E-state index is 11.6. The Morgan fingerprint density at radius 1 is 1.00 bits per heavy atom. The van der Waals surface area contributed by atoms with Gasteiger partial charge in [-0.25, -0.2) is 0 Å². The lowest BCUT2D eigenvalue weighted by Crippen LogP contribution is -2.44. The van der Waals surface area contributed by atoms with Crippen molar-refractivity contribution < 1.29 is 9.22 Å². The van der Waals surface area contributed by atoms with Gasteiger partial charge in [0.15, 0.2) is 14.1 Å². The molecule has 0 saturated carbocycles. The van der Waals surface area contributed by atoms with Crippen LogP contribution in [-0.2, 0) is 14.8 Å². The third kappa shape index (κ3) is 3.50. The van der Waals surface area contributed by atoms with Crippen LogP contribution in [0, 0.1) is 0 Å². The van der Waals surface area contributed by atoms with Gasteiger partial charge in [0.05, 0.1) is 0 Å². The van der Waals surface area contributed by atoms with E-state index in [0.29, 0.717) is 0 Å². The van der Waals surface area contributed by atoms with E-state index < -0.39 is 13.9 Å². The van der Waals surface area contributed by atoms with Gasteiger partial charge in [-0.2, -0.15) is 0 Å². The molecule has 0 saturated heterocycles. The van der Waals surface area contributed by atoms with Gasteiger partial charge in [0.25, 0.3) is 0 Å². The summed E-state index contributed by atoms with van der Waals surface area (Å²) in [6, 6.07) is 11.4. The van der Waals surface area contributed by atoms with Crippen LogP contribution in [0.4, 0.5) is 0 Å². The second-order valence-electron chi connectivity index (χ2n) is 5.71. The van der Waals surface area contributed by atoms with Crippen LogP contribution in [0.5, 0.6) is 0 Å². The van der Waals surface area contributed by atoms with Crippen molar-refractivity contribution in [1.82, 2.24) is 0 Å². The topological polar surface area (TPSA) is 26.3 Å². The second-order valence-corrected chi connectivity index (χ2v) is 11.3. The fourth-order valence-electron chi connectivity index (χ4n) is 2.88. The van der Waals surface area contributed by atoms with Crippen LogP contribution < -0.4 is 0 Å². The summed E-state index contributed by atoms with van der Waals surface area (Å²) in [5.41, 5.74) is 0.464. The van der Waals surface area contributed by atoms with Crippen molar-refractivity contribution in [2.24, 2.45) is 0 Å². The normalized spacial score (nSPS) is 17.0. The van der Waals surface area contributed by atoms with Gasteiger partial charge < -0.3 is 4.43 Å². The lowest BCUT2D eigenvalue weighted by Gasteiger charge is -2.40. The Morgan fingerprint density at radius 2 is 1.50 bits per heavy atom. The van der Waals surface area contributed by atoms with Crippen molar-refractivity contribution in [2.75, 3.05) is 0 Å². The number of carbonyl (C=O) groups excluding carboxylic acids is 1. The van der Waals surface area contributed by atoms with E-state index in [1.54, 1.807) is 12.2 Å². The maximum absolute atomic E-state index is 11.6. The number of hydrogen-bond donors (Lipinski definition) is 0. The first-order chi connectivity index (χ1) is 10.5. The van der Waals surface area contributed by atoms with Crippen LogP contribution in [-0.4, -0.2) is 14.1 Å². The highest BCUT2D eigenvalue weighted by atomic mass is 79.9. The van der Waals surface area contributed by atoms with Crippen LogP contribution in [0.2, 0.25) is 18.1 Å². The summed E-state index contributed by atoms with van der Waals surface area (Å²) in [7, 11) is -1.82. The van der Waals surface area contributed by atoms with Gasteiger partial charge in [0, 0.05) is 4.47 Å². The lowest BCUT2D eigenvalue weighted by molar-refractivity contribution is -0.110. The Bertz CT molecular complexity index is 561. The van der Waals surface area contributed by atoms with Crippen molar-refractivity contribution in [3.8, 4) is 0 Å². The molecule has 2 rings (SSSR count). The smallest absolute Gasteiger partial charge is 0.194 e. The number of ketones is 1. The molecule has 1 aliphatic carbocycles. The Hall–Kier alpha value is -0.973. The summed E-state index contributed by atoms with van der Waals surface area (Å²) < 4.78 is 7.82. The monoisotopic (exact) mass is 378 g/mol. The highest BCUT2D eigenvalue weighted by Crippen LogP contribution is 2.38. The van der Waals surface area contributed by atoms with Crippen LogP contribution in [0.25, 0.3) is 0 Å². The third-order valence-corrected chi connectivity index (χ3v) is 9.77. The van der Waals surface area contributed by atoms with Gasteiger partial charge in [0.2, 0.25) is 0 Å². The molecular weight excluding hydrogens is 356 g/mol. The minimum atomic E-state index is -1.82. The van der Waals surface area contributed by atoms with Crippen LogP contribution in [0.15, 0.2) is 53.0 Å². The molecular formula is C18H23BrO2Si. The minimum absolute atomic E-state index is 0.0214. The first kappa shape index (κ1) is 17.4. The zero-order chi connectivity index (χ0) is 16.2. The van der Waals surface area contributed by atoms with Crippen LogP contribution in [0.3, 0.4) is 0 Å². The first-order valence-corrected chi connectivity index (χ1v) is 11.2. The summed E-state index contributed by atoms with van der Waals surface area (Å²) in [5, 5.41) is 0. The first-order valence-electron chi connectivity index (χ1n) is 7.88. The Labute approximate surface area is 142 Å². The second kappa shape index (κ2) is 7.07. The fraction of sp³-hybridized carbons (Fsp3) is 0.389. The van der Waals surface area contributed by atoms with Crippen LogP contribution >= 0.6 is 15.9 Å². The number of halogens is 1. The highest BCUT2D eigenvalue weighted by Gasteiger charge is 2.40. The molecule has 0 heterocycles. The molecule has 0 bridgehead atoms. The molecule has 0 amide bonds. The molecule has 0 atom stereocenters. The summed E-state index contributed by atoms with van der Waals surface area (Å²) in [5.74, 6) is 0.0214. The molecule has 0 fully saturated rings. The lowest BCUT2D eigenvalue weighted by atomic mass is 9.90. The maximum Gasteiger partial charge on any atom is 0.194 e. The predicted octanol–water partition coefficient (Wildman–Crippen LogP) is 5.36. The average Bonchev–Trinajstić information content (AvgIpc) is 2.56. The van der Waals surface area contributed by atoms with Gasteiger partial charge in [0.1, 0.15) is 5.60 Å². The quantitative estimate of drug-likeness (QED) is 0.622. The molecule has 4 heteroatoms. The summed E-state index contributed by atoms with van der Waals surface area (Å²) in [4.78, 5) is 11.6. The van der Waals surface area contributed by atoms with Gasteiger partial charge in [-0.3, -0.25) is 4.79 Å². The van der Waals surface area contributed by atoms with E-state index in [1.807, 2.05) is 24.3 Å². The van der Waals surface area contributed by atoms with Crippen molar-refractivity contribution in [3.63, 3.8) is 0 Å². The zero-order valence-corrected chi connectivity index (χ0v) is 16.0. The summed E-state index contributed by atoms with van der Waals surface area (Å²) in [6.07, 6.45) is 7.09. The molecule has 0 radical (unpaired) electrons. The molecule has 22 heavy (non-hydrogen) atoms. The van der Waals surface area contributed by atoms with Gasteiger partial charge >= 0.3 is 0 Å². The van der Waals surface area contributed by atoms with E-state index >= 15 is 0 Å². The molecule has 1 aromatic rings. The number of carbonyl (C=O) groups is 1. The van der Waals surface area contributed by atoms with Crippen molar-refractivity contribution in [1.29, 1.82) is 0 Å². The molecule has 0 spiro atoms. The molecule has 1 aliphatic rings. The molecule has 1 aromatic carbocycles. The minimum Gasteiger partial charge on any atom is -0.400 e. The predicted molar refractivity (Wildman–Crippen MR) is 97.4 cm³/mol. The number of rotatable bonds is 6. The average molecular weight is 379 g/mol. The van der Waals surface area contributed by atoms with E-state index in [0.717, 1.165) is 28.2 Å².